The van der Waals surface area contributed by atoms with E-state index in [0.717, 1.165) is 19.3 Å². The van der Waals surface area contributed by atoms with Crippen molar-refractivity contribution in [3.05, 3.63) is 57.1 Å². The molecule has 2 aliphatic carbocycles. The molecule has 2 fully saturated rings. The summed E-state index contributed by atoms with van der Waals surface area (Å²) in [6.45, 7) is 3.09. The maximum absolute atomic E-state index is 13.9. The Morgan fingerprint density at radius 1 is 1.11 bits per heavy atom. The summed E-state index contributed by atoms with van der Waals surface area (Å²) in [6.07, 6.45) is -1.19. The van der Waals surface area contributed by atoms with Crippen molar-refractivity contribution in [2.24, 2.45) is 5.73 Å². The van der Waals surface area contributed by atoms with Gasteiger partial charge < -0.3 is 44.7 Å². The number of ether oxygens (including phenoxy) is 5. The van der Waals surface area contributed by atoms with Gasteiger partial charge in [0.15, 0.2) is 24.1 Å². The predicted molar refractivity (Wildman–Crippen MR) is 157 cm³/mol. The number of carbonyl (C=O) groups excluding carboxylic acids is 3. The first-order chi connectivity index (χ1) is 21.5. The highest BCUT2D eigenvalue weighted by Gasteiger charge is 2.49. The molecule has 0 spiro atoms. The molecule has 2 aromatic rings. The van der Waals surface area contributed by atoms with Crippen LogP contribution in [0.15, 0.2) is 18.2 Å². The number of nitrogens with two attached hydrogens (primary N) is 1. The van der Waals surface area contributed by atoms with Gasteiger partial charge in [-0.2, -0.15) is 0 Å². The number of aliphatic hydroxyl groups excluding tert-OH is 1. The summed E-state index contributed by atoms with van der Waals surface area (Å²) in [7, 11) is 1.39. The third-order valence-corrected chi connectivity index (χ3v) is 9.52. The van der Waals surface area contributed by atoms with E-state index in [9.17, 15) is 29.7 Å². The van der Waals surface area contributed by atoms with E-state index in [1.807, 2.05) is 0 Å². The molecule has 45 heavy (non-hydrogen) atoms. The summed E-state index contributed by atoms with van der Waals surface area (Å²) in [5.74, 6) is -2.23. The number of rotatable bonds is 7. The molecule has 12 nitrogen and oxygen atoms in total. The summed E-state index contributed by atoms with van der Waals surface area (Å²) in [4.78, 5) is 40.6. The zero-order valence-electron chi connectivity index (χ0n) is 25.5. The molecule has 0 saturated carbocycles. The predicted octanol–water partition coefficient (Wildman–Crippen LogP) is 2.16. The number of carbonyl (C=O) groups is 3. The Kier molecular flexibility index (Phi) is 8.59. The van der Waals surface area contributed by atoms with Gasteiger partial charge in [0.2, 0.25) is 5.78 Å². The van der Waals surface area contributed by atoms with Crippen molar-refractivity contribution >= 4 is 17.3 Å². The quantitative estimate of drug-likeness (QED) is 0.301. The lowest BCUT2D eigenvalue weighted by Gasteiger charge is -2.44. The topological polar surface area (TPSA) is 184 Å². The van der Waals surface area contributed by atoms with Crippen molar-refractivity contribution in [3.8, 4) is 11.5 Å². The highest BCUT2D eigenvalue weighted by Crippen LogP contribution is 2.50. The summed E-state index contributed by atoms with van der Waals surface area (Å²) in [5.41, 5.74) is 5.16. The second-order valence-electron chi connectivity index (χ2n) is 12.3. The molecular weight excluding hydrogens is 586 g/mol. The number of methoxy groups -OCH3 is 1. The van der Waals surface area contributed by atoms with Gasteiger partial charge in [-0.05, 0) is 50.3 Å². The van der Waals surface area contributed by atoms with E-state index in [0.29, 0.717) is 12.2 Å². The number of phenolic OH excluding ortho intramolecular Hbond substituents is 1. The fraction of sp³-hybridized carbons (Fsp3) is 0.545. The number of hydrogen-bond donors (Lipinski definition) is 4. The molecule has 0 radical (unpaired) electrons. The van der Waals surface area contributed by atoms with Crippen molar-refractivity contribution in [2.75, 3.05) is 20.3 Å². The van der Waals surface area contributed by atoms with Crippen molar-refractivity contribution in [1.82, 2.24) is 0 Å². The smallest absolute Gasteiger partial charge is 0.201 e. The first kappa shape index (κ1) is 31.7. The Morgan fingerprint density at radius 2 is 1.89 bits per heavy atom. The SMILES string of the molecule is COc1cccc2c1C(=O)c1c(O)c3c(c(C)c1C2=O)C[C@@](O)(C(=O)CO)C[C@@H]3OC1CC(N)C(OC2CCCCO2)C(C)O1. The van der Waals surface area contributed by atoms with Gasteiger partial charge in [-0.3, -0.25) is 14.4 Å². The number of aliphatic hydroxyl groups is 2. The summed E-state index contributed by atoms with van der Waals surface area (Å²) in [6, 6.07) is 4.16. The Labute approximate surface area is 260 Å². The van der Waals surface area contributed by atoms with Gasteiger partial charge in [-0.1, -0.05) is 12.1 Å². The van der Waals surface area contributed by atoms with E-state index in [1.165, 1.54) is 13.2 Å². The zero-order chi connectivity index (χ0) is 32.2. The van der Waals surface area contributed by atoms with E-state index >= 15 is 0 Å². The molecular formula is C33H39NO11. The Hall–Kier alpha value is -3.23. The van der Waals surface area contributed by atoms with Crippen LogP contribution in [0.3, 0.4) is 0 Å². The van der Waals surface area contributed by atoms with E-state index in [2.05, 4.69) is 0 Å². The van der Waals surface area contributed by atoms with Crippen LogP contribution in [-0.2, 0) is 30.2 Å². The molecule has 2 aromatic carbocycles. The van der Waals surface area contributed by atoms with Gasteiger partial charge in [0.25, 0.3) is 0 Å². The van der Waals surface area contributed by atoms with Crippen LogP contribution in [0, 0.1) is 6.92 Å². The highest BCUT2D eigenvalue weighted by molar-refractivity contribution is 6.31. The van der Waals surface area contributed by atoms with E-state index in [-0.39, 0.29) is 64.7 Å². The average molecular weight is 626 g/mol. The minimum Gasteiger partial charge on any atom is -0.507 e. The van der Waals surface area contributed by atoms with Gasteiger partial charge in [0.1, 0.15) is 29.8 Å². The summed E-state index contributed by atoms with van der Waals surface area (Å²) >= 11 is 0. The number of fused-ring (bicyclic) bond motifs is 3. The molecule has 0 bridgehead atoms. The Morgan fingerprint density at radius 3 is 2.56 bits per heavy atom. The van der Waals surface area contributed by atoms with Gasteiger partial charge >= 0.3 is 0 Å². The minimum atomic E-state index is -2.08. The summed E-state index contributed by atoms with van der Waals surface area (Å²) < 4.78 is 29.8. The fourth-order valence-corrected chi connectivity index (χ4v) is 7.20. The third kappa shape index (κ3) is 5.38. The van der Waals surface area contributed by atoms with Gasteiger partial charge in [0, 0.05) is 48.6 Å². The molecule has 5 unspecified atom stereocenters. The van der Waals surface area contributed by atoms with Crippen LogP contribution in [0.25, 0.3) is 0 Å². The van der Waals surface area contributed by atoms with Crippen molar-refractivity contribution in [3.63, 3.8) is 0 Å². The lowest BCUT2D eigenvalue weighted by atomic mass is 9.70. The molecule has 0 amide bonds. The van der Waals surface area contributed by atoms with E-state index in [4.69, 9.17) is 29.4 Å². The molecule has 12 heteroatoms. The highest BCUT2D eigenvalue weighted by atomic mass is 16.7. The van der Waals surface area contributed by atoms with Crippen molar-refractivity contribution in [1.29, 1.82) is 0 Å². The largest absolute Gasteiger partial charge is 0.507 e. The lowest BCUT2D eigenvalue weighted by molar-refractivity contribution is -0.281. The molecule has 2 saturated heterocycles. The van der Waals surface area contributed by atoms with Crippen LogP contribution in [0.2, 0.25) is 0 Å². The van der Waals surface area contributed by atoms with Crippen LogP contribution >= 0.6 is 0 Å². The number of benzene rings is 2. The van der Waals surface area contributed by atoms with Crippen molar-refractivity contribution in [2.45, 2.75) is 94.9 Å². The van der Waals surface area contributed by atoms with E-state index < -0.39 is 66.0 Å². The Balaban J connectivity index is 1.38. The first-order valence-electron chi connectivity index (χ1n) is 15.3. The standard InChI is InChI=1S/C33H39NO11/c1-15-18-12-33(40,22(36)14-35)13-21(44-24-11-19(34)32(16(2)43-24)45-23-9-4-5-10-42-23)27(18)31(39)28-25(15)29(37)17-7-6-8-20(41-3)26(17)30(28)38/h6-8,16,19,21,23-24,32,35,39-40H,4-5,9-14,34H2,1-3H3/t16?,19?,21-,23?,24?,32?,33-/m0/s1. The molecule has 2 aliphatic heterocycles. The van der Waals surface area contributed by atoms with Crippen LogP contribution < -0.4 is 10.5 Å². The minimum absolute atomic E-state index is 0.0223. The fourth-order valence-electron chi connectivity index (χ4n) is 7.20. The molecule has 6 rings (SSSR count). The van der Waals surface area contributed by atoms with Crippen LogP contribution in [0.5, 0.6) is 11.5 Å². The van der Waals surface area contributed by atoms with Gasteiger partial charge in [0.05, 0.1) is 30.4 Å². The van der Waals surface area contributed by atoms with Crippen molar-refractivity contribution < 1.29 is 53.4 Å². The molecule has 2 heterocycles. The maximum Gasteiger partial charge on any atom is 0.201 e. The number of phenols is 1. The van der Waals surface area contributed by atoms with E-state index in [1.54, 1.807) is 26.0 Å². The Bertz CT molecular complexity index is 1520. The van der Waals surface area contributed by atoms with Crippen LogP contribution in [-0.4, -0.2) is 89.4 Å². The maximum atomic E-state index is 13.9. The zero-order valence-corrected chi connectivity index (χ0v) is 25.5. The first-order valence-corrected chi connectivity index (χ1v) is 15.3. The van der Waals surface area contributed by atoms with Crippen LogP contribution in [0.1, 0.15) is 93.7 Å². The summed E-state index contributed by atoms with van der Waals surface area (Å²) in [5, 5.41) is 33.0. The van der Waals surface area contributed by atoms with Crippen LogP contribution in [0.4, 0.5) is 0 Å². The molecule has 5 N–H and O–H groups in total. The number of hydrogen-bond acceptors (Lipinski definition) is 12. The molecule has 7 atom stereocenters. The molecule has 4 aliphatic rings. The molecule has 242 valence electrons. The van der Waals surface area contributed by atoms with Gasteiger partial charge in [-0.25, -0.2) is 0 Å². The monoisotopic (exact) mass is 625 g/mol. The second kappa shape index (κ2) is 12.2. The second-order valence-corrected chi connectivity index (χ2v) is 12.3. The average Bonchev–Trinajstić information content (AvgIpc) is 3.02. The normalized spacial score (nSPS) is 31.2. The third-order valence-electron chi connectivity index (χ3n) is 9.52. The number of aromatic hydroxyl groups is 1. The molecule has 0 aromatic heterocycles. The lowest BCUT2D eigenvalue weighted by Crippen LogP contribution is -2.55. The number of Topliss-reactive ketones (excluding diaryl/α,β-unsaturated/α-hetero) is 1. The number of ketones is 3. The van der Waals surface area contributed by atoms with Gasteiger partial charge in [-0.15, -0.1) is 0 Å².